The summed E-state index contributed by atoms with van der Waals surface area (Å²) in [6.07, 6.45) is 4.92. The number of nitrogens with two attached hydrogens (primary N) is 1. The molecule has 2 aliphatic rings. The van der Waals surface area contributed by atoms with Gasteiger partial charge in [0.05, 0.1) is 101 Å². The number of alkyl carbamates (subject to hydrolysis) is 2. The van der Waals surface area contributed by atoms with Gasteiger partial charge in [-0.1, -0.05) is 96.1 Å². The van der Waals surface area contributed by atoms with Crippen LogP contribution in [0, 0.1) is 22.9 Å². The molecular weight excluding hydrogens is 1530 g/mol. The molecule has 2 atom stereocenters. The van der Waals surface area contributed by atoms with Gasteiger partial charge in [-0.2, -0.15) is 55.6 Å². The average molecular weight is 1580 g/mol. The van der Waals surface area contributed by atoms with Crippen molar-refractivity contribution >= 4 is 133 Å². The van der Waals surface area contributed by atoms with Crippen molar-refractivity contribution in [2.75, 3.05) is 65.8 Å². The number of hydrogen-bond donors (Lipinski definition) is 6. The summed E-state index contributed by atoms with van der Waals surface area (Å²) >= 11 is 33.2. The van der Waals surface area contributed by atoms with E-state index in [0.29, 0.717) is 61.5 Å². The summed E-state index contributed by atoms with van der Waals surface area (Å²) in [5.41, 5.74) is 11.6. The molecule has 104 heavy (non-hydrogen) atoms. The van der Waals surface area contributed by atoms with Crippen molar-refractivity contribution in [3.63, 3.8) is 0 Å². The Kier molecular flexibility index (Phi) is 39.5. The van der Waals surface area contributed by atoms with Crippen LogP contribution in [0.4, 0.5) is 67.5 Å². The van der Waals surface area contributed by atoms with Gasteiger partial charge in [0.1, 0.15) is 70.6 Å². The van der Waals surface area contributed by atoms with Gasteiger partial charge >= 0.3 is 68.2 Å². The Labute approximate surface area is 641 Å². The van der Waals surface area contributed by atoms with Crippen molar-refractivity contribution in [3.05, 3.63) is 171 Å². The zero-order chi connectivity index (χ0) is 76.1. The smallest absolute Gasteiger partial charge is 0.496 e. The third-order valence-electron chi connectivity index (χ3n) is 12.2. The summed E-state index contributed by atoms with van der Waals surface area (Å²) in [5, 5.41) is 44.8. The SMILES string of the molecule is C=CCOC(=O)NC1CN(C(=Nc2cc(OC(F)F)ccc2OC)NC#N)N=C1c1ccc(Cl)c(Cl)c1.C=CCOC(=O)NC1CNN=C1c1ccc(Cl)c(Cl)c1.COc1ccc(OC(F)F)cc1N.COc1ccc(OC(F)F)cc1N=C=S.COc1ccc(OC(F)F)cc1NC(=S)[N-]C#N.[Na+]. The number of benzene rings is 6. The fraction of sp³-hybridized carbons (Fsp3) is 0.222. The number of halogens is 12. The van der Waals surface area contributed by atoms with Crippen LogP contribution in [0.5, 0.6) is 46.0 Å². The Morgan fingerprint density at radius 3 is 1.57 bits per heavy atom. The van der Waals surface area contributed by atoms with Crippen molar-refractivity contribution in [2.45, 2.75) is 38.5 Å². The molecule has 6 aromatic rings. The Bertz CT molecular complexity index is 4140. The summed E-state index contributed by atoms with van der Waals surface area (Å²) in [7, 11) is 5.65. The predicted molar refractivity (Wildman–Crippen MR) is 376 cm³/mol. The monoisotopic (exact) mass is 1580 g/mol. The first kappa shape index (κ1) is 88.2. The fourth-order valence-electron chi connectivity index (χ4n) is 8.00. The molecule has 0 bridgehead atoms. The number of nitrogen functional groups attached to an aromatic ring is 1. The van der Waals surface area contributed by atoms with Gasteiger partial charge in [-0.25, -0.2) is 19.6 Å². The number of alkyl halides is 8. The van der Waals surface area contributed by atoms with E-state index < -0.39 is 44.7 Å². The molecular formula is C63H57Cl4F8N14NaO12S2. The minimum absolute atomic E-state index is 0. The number of aliphatic imine (C=N–C) groups is 2. The van der Waals surface area contributed by atoms with Crippen LogP contribution in [0.15, 0.2) is 155 Å². The van der Waals surface area contributed by atoms with Crippen molar-refractivity contribution in [1.29, 1.82) is 10.5 Å². The number of thiocarbonyl (C=S) groups is 2. The number of hydrazone groups is 2. The average Bonchev–Trinajstić information content (AvgIpc) is 1.48. The van der Waals surface area contributed by atoms with Gasteiger partial charge in [-0.3, -0.25) is 5.32 Å². The molecule has 0 spiro atoms. The van der Waals surface area contributed by atoms with Crippen LogP contribution < -0.4 is 99.9 Å². The molecule has 0 aliphatic carbocycles. The molecule has 26 nitrogen and oxygen atoms in total. The van der Waals surface area contributed by atoms with Gasteiger partial charge in [0.2, 0.25) is 5.96 Å². The maximum absolute atomic E-state index is 12.7. The van der Waals surface area contributed by atoms with Crippen LogP contribution in [0.1, 0.15) is 11.1 Å². The fourth-order valence-corrected chi connectivity index (χ4v) is 8.85. The van der Waals surface area contributed by atoms with Crippen molar-refractivity contribution in [1.82, 2.24) is 26.4 Å². The Hall–Kier alpha value is -9.98. The Morgan fingerprint density at radius 2 is 1.12 bits per heavy atom. The first-order chi connectivity index (χ1) is 49.2. The van der Waals surface area contributed by atoms with E-state index in [-0.39, 0.29) is 117 Å². The van der Waals surface area contributed by atoms with E-state index in [1.165, 1.54) is 125 Å². The zero-order valence-corrected chi connectivity index (χ0v) is 61.3. The number of rotatable bonds is 23. The van der Waals surface area contributed by atoms with E-state index in [1.807, 2.05) is 0 Å². The maximum atomic E-state index is 12.7. The van der Waals surface area contributed by atoms with Gasteiger partial charge in [0, 0.05) is 41.2 Å². The van der Waals surface area contributed by atoms with Crippen LogP contribution in [-0.4, -0.2) is 138 Å². The predicted octanol–water partition coefficient (Wildman–Crippen LogP) is 12.0. The number of carbonyl (C=O) groups is 2. The number of isothiocyanates is 1. The van der Waals surface area contributed by atoms with Gasteiger partial charge in [-0.05, 0) is 91.1 Å². The molecule has 8 rings (SSSR count). The number of methoxy groups -OCH3 is 4. The third-order valence-corrected chi connectivity index (χ3v) is 14.0. The first-order valence-corrected chi connectivity index (χ1v) is 30.7. The number of hydrogen-bond acceptors (Lipinski definition) is 22. The van der Waals surface area contributed by atoms with Crippen molar-refractivity contribution in [3.8, 4) is 58.4 Å². The van der Waals surface area contributed by atoms with Gasteiger partial charge in [0.15, 0.2) is 6.19 Å². The molecule has 0 saturated heterocycles. The molecule has 0 radical (unpaired) electrons. The summed E-state index contributed by atoms with van der Waals surface area (Å²) in [6, 6.07) is 25.1. The van der Waals surface area contributed by atoms with Gasteiger partial charge < -0.3 is 85.1 Å². The molecule has 6 aromatic carbocycles. The zero-order valence-electron chi connectivity index (χ0n) is 54.7. The summed E-state index contributed by atoms with van der Waals surface area (Å²) < 4.78 is 144. The van der Waals surface area contributed by atoms with E-state index >= 15 is 0 Å². The topological polar surface area (TPSA) is 327 Å². The molecule has 41 heteroatoms. The van der Waals surface area contributed by atoms with Crippen LogP contribution in [-0.2, 0) is 9.47 Å². The number of nitrogens with one attached hydrogen (secondary N) is 5. The van der Waals surface area contributed by atoms with Crippen molar-refractivity contribution < 1.29 is 122 Å². The minimum atomic E-state index is -3.05. The molecule has 2 unspecified atom stereocenters. The molecule has 0 fully saturated rings. The molecule has 0 aromatic heterocycles. The number of carbonyl (C=O) groups excluding carboxylic acids is 2. The number of nitriles is 2. The number of amides is 2. The molecule has 548 valence electrons. The van der Waals surface area contributed by atoms with E-state index in [4.69, 9.17) is 98.0 Å². The van der Waals surface area contributed by atoms with E-state index in [9.17, 15) is 50.0 Å². The van der Waals surface area contributed by atoms with Gasteiger partial charge in [-0.15, -0.1) is 0 Å². The van der Waals surface area contributed by atoms with E-state index in [0.717, 1.165) is 5.56 Å². The van der Waals surface area contributed by atoms with Gasteiger partial charge in [0.25, 0.3) is 0 Å². The standard InChI is InChI=1S/C23H20Cl2F2N6O4.C13H13Cl2N3O2.C10H9F2N3O2S.C9H7F2NO2S.C8H9F2NO2.Na/c1-3-8-36-23(34)31-18-11-33(32-20(18)13-4-6-15(24)16(25)9-13)22(29-12-28)30-17-10-14(37-21(26)27)5-7-19(17)35-2;1-2-5-20-13(19)17-11-7-16-18-12(11)8-3-4-9(14)10(15)6-8;1-16-8-3-2-6(17-9(11)12)4-7(8)15-10(18)14-5-13;1-13-8-3-2-6(14-9(10)11)4-7(8)12-5-15;1-12-7-3-2-5(4-6(7)11)13-8(9)10;/h3-7,9-10,18,21H,1,8,11H2,2H3,(H,29,30)(H,31,34);2-4,6,11,16H,1,5,7H2,(H,17,19);2-4,9H,1H3,(H2,14,15,18);2-4,9H,1H3;2-4,8H,11H2,1H3;/q;;;;;+1/p-1. The number of ether oxygens (including phenoxy) is 10. The van der Waals surface area contributed by atoms with Crippen LogP contribution in [0.25, 0.3) is 5.32 Å². The van der Waals surface area contributed by atoms with Crippen LogP contribution >= 0.6 is 70.8 Å². The molecule has 2 amide bonds. The largest absolute Gasteiger partial charge is 1.00 e. The third kappa shape index (κ3) is 30.1. The van der Waals surface area contributed by atoms with E-state index in [1.54, 1.807) is 42.6 Å². The molecule has 2 aliphatic heterocycles. The number of guanidine groups is 1. The summed E-state index contributed by atoms with van der Waals surface area (Å²) in [5.74, 6) is 1.11. The quantitative estimate of drug-likeness (QED) is 0.00399. The number of anilines is 2. The van der Waals surface area contributed by atoms with Crippen LogP contribution in [0.2, 0.25) is 20.1 Å². The summed E-state index contributed by atoms with van der Waals surface area (Å²) in [6.45, 7) is -4.07. The summed E-state index contributed by atoms with van der Waals surface area (Å²) in [4.78, 5) is 31.8. The normalized spacial score (nSPS) is 12.9. The first-order valence-electron chi connectivity index (χ1n) is 28.4. The Balaban J connectivity index is 0.000000358. The molecule has 7 N–H and O–H groups in total. The Morgan fingerprint density at radius 1 is 0.663 bits per heavy atom. The maximum Gasteiger partial charge on any atom is 1.00 e. The number of nitrogens with zero attached hydrogens (tertiary/aromatic N) is 8. The second-order valence-electron chi connectivity index (χ2n) is 18.8. The van der Waals surface area contributed by atoms with E-state index in [2.05, 4.69) is 102 Å². The van der Waals surface area contributed by atoms with Crippen LogP contribution in [0.3, 0.4) is 0 Å². The second-order valence-corrected chi connectivity index (χ2v) is 21.0. The second kappa shape index (κ2) is 46.6. The molecule has 0 saturated carbocycles. The van der Waals surface area contributed by atoms with Crippen molar-refractivity contribution in [2.24, 2.45) is 20.2 Å². The minimum Gasteiger partial charge on any atom is -0.496 e. The molecule has 2 heterocycles.